The predicted octanol–water partition coefficient (Wildman–Crippen LogP) is 6.60. The molecule has 0 bridgehead atoms. The van der Waals surface area contributed by atoms with E-state index in [0.717, 1.165) is 25.7 Å². The van der Waals surface area contributed by atoms with Crippen LogP contribution >= 0.6 is 0 Å². The van der Waals surface area contributed by atoms with Crippen molar-refractivity contribution in [2.24, 2.45) is 0 Å². The van der Waals surface area contributed by atoms with Crippen LogP contribution in [0.3, 0.4) is 0 Å². The van der Waals surface area contributed by atoms with Crippen molar-refractivity contribution >= 4 is 18.0 Å². The van der Waals surface area contributed by atoms with Crippen molar-refractivity contribution in [2.45, 2.75) is 123 Å². The molecule has 0 radical (unpaired) electrons. The van der Waals surface area contributed by atoms with E-state index in [0.29, 0.717) is 38.9 Å². The Kier molecular flexibility index (Phi) is 18.3. The van der Waals surface area contributed by atoms with Crippen LogP contribution in [0.4, 0.5) is 4.79 Å². The molecule has 8 heteroatoms. The molecule has 1 heterocycles. The molecule has 0 unspecified atom stereocenters. The highest BCUT2D eigenvalue weighted by Gasteiger charge is 2.17. The lowest BCUT2D eigenvalue weighted by Crippen LogP contribution is -2.22. The SMILES string of the molecule is CCCCCCCOC(=O)CCCC(CCCC(=O)OCCCCCCC)OC(=O)n1ccnc1. The van der Waals surface area contributed by atoms with E-state index in [4.69, 9.17) is 14.2 Å². The summed E-state index contributed by atoms with van der Waals surface area (Å²) in [6.45, 7) is 5.26. The number of hydrogen-bond acceptors (Lipinski definition) is 7. The molecule has 0 aliphatic carbocycles. The second-order valence-electron chi connectivity index (χ2n) is 9.03. The van der Waals surface area contributed by atoms with Crippen LogP contribution in [0.5, 0.6) is 0 Å². The summed E-state index contributed by atoms with van der Waals surface area (Å²) in [5.74, 6) is -0.439. The van der Waals surface area contributed by atoms with E-state index in [1.807, 2.05) is 0 Å². The van der Waals surface area contributed by atoms with Crippen LogP contribution in [-0.4, -0.2) is 46.9 Å². The lowest BCUT2D eigenvalue weighted by molar-refractivity contribution is -0.144. The number of imidazole rings is 1. The summed E-state index contributed by atoms with van der Waals surface area (Å²) in [4.78, 5) is 40.2. The van der Waals surface area contributed by atoms with Gasteiger partial charge in [-0.1, -0.05) is 65.2 Å². The summed E-state index contributed by atoms with van der Waals surface area (Å²) in [6, 6.07) is 0. The number of nitrogens with zero attached hydrogens (tertiary/aromatic N) is 2. The largest absolute Gasteiger partial charge is 0.466 e. The Hall–Kier alpha value is -2.38. The quantitative estimate of drug-likeness (QED) is 0.108. The Morgan fingerprint density at radius 2 is 1.26 bits per heavy atom. The Bertz CT molecular complexity index is 643. The Morgan fingerprint density at radius 3 is 1.71 bits per heavy atom. The third kappa shape index (κ3) is 16.8. The first-order valence-electron chi connectivity index (χ1n) is 13.6. The zero-order valence-electron chi connectivity index (χ0n) is 21.9. The van der Waals surface area contributed by atoms with Crippen LogP contribution in [-0.2, 0) is 23.8 Å². The summed E-state index contributed by atoms with van der Waals surface area (Å²) >= 11 is 0. The molecule has 0 atom stereocenters. The van der Waals surface area contributed by atoms with Crippen LogP contribution in [0, 0.1) is 0 Å². The maximum absolute atomic E-state index is 12.3. The average Bonchev–Trinajstić information content (AvgIpc) is 3.38. The third-order valence-corrected chi connectivity index (χ3v) is 5.82. The van der Waals surface area contributed by atoms with Crippen molar-refractivity contribution in [1.29, 1.82) is 0 Å². The number of hydrogen-bond donors (Lipinski definition) is 0. The zero-order valence-corrected chi connectivity index (χ0v) is 21.9. The van der Waals surface area contributed by atoms with Gasteiger partial charge in [0.15, 0.2) is 0 Å². The summed E-state index contributed by atoms with van der Waals surface area (Å²) in [7, 11) is 0. The fourth-order valence-electron chi connectivity index (χ4n) is 3.71. The first-order chi connectivity index (χ1) is 17.1. The van der Waals surface area contributed by atoms with Crippen molar-refractivity contribution in [2.75, 3.05) is 13.2 Å². The van der Waals surface area contributed by atoms with E-state index in [1.54, 1.807) is 0 Å². The molecule has 35 heavy (non-hydrogen) atoms. The second kappa shape index (κ2) is 20.9. The van der Waals surface area contributed by atoms with Gasteiger partial charge in [-0.2, -0.15) is 0 Å². The summed E-state index contributed by atoms with van der Waals surface area (Å²) in [6.07, 6.45) is 17.3. The molecule has 0 aromatic carbocycles. The lowest BCUT2D eigenvalue weighted by atomic mass is 10.1. The molecular weight excluding hydrogens is 448 g/mol. The van der Waals surface area contributed by atoms with Gasteiger partial charge in [-0.3, -0.25) is 9.59 Å². The molecule has 0 aliphatic rings. The smallest absolute Gasteiger partial charge is 0.419 e. The predicted molar refractivity (Wildman–Crippen MR) is 135 cm³/mol. The first-order valence-corrected chi connectivity index (χ1v) is 13.6. The molecule has 0 fully saturated rings. The second-order valence-corrected chi connectivity index (χ2v) is 9.03. The van der Waals surface area contributed by atoms with Crippen LogP contribution in [0.1, 0.15) is 117 Å². The lowest BCUT2D eigenvalue weighted by Gasteiger charge is -2.18. The Labute approximate surface area is 211 Å². The van der Waals surface area contributed by atoms with E-state index < -0.39 is 12.2 Å². The van der Waals surface area contributed by atoms with Crippen molar-refractivity contribution in [3.05, 3.63) is 18.7 Å². The fraction of sp³-hybridized carbons (Fsp3) is 0.778. The van der Waals surface area contributed by atoms with Gasteiger partial charge < -0.3 is 14.2 Å². The summed E-state index contributed by atoms with van der Waals surface area (Å²) in [5, 5.41) is 0. The highest BCUT2D eigenvalue weighted by atomic mass is 16.6. The fourth-order valence-corrected chi connectivity index (χ4v) is 3.71. The number of ether oxygens (including phenoxy) is 3. The van der Waals surface area contributed by atoms with E-state index in [9.17, 15) is 14.4 Å². The molecule has 0 N–H and O–H groups in total. The number of aromatic nitrogens is 2. The van der Waals surface area contributed by atoms with Gasteiger partial charge in [0, 0.05) is 25.2 Å². The maximum atomic E-state index is 12.3. The molecule has 200 valence electrons. The summed E-state index contributed by atoms with van der Waals surface area (Å²) < 4.78 is 17.5. The molecule has 0 spiro atoms. The van der Waals surface area contributed by atoms with Crippen molar-refractivity contribution in [3.63, 3.8) is 0 Å². The first kappa shape index (κ1) is 30.7. The molecular formula is C27H46N2O6. The van der Waals surface area contributed by atoms with Crippen molar-refractivity contribution in [1.82, 2.24) is 9.55 Å². The minimum absolute atomic E-state index is 0.220. The van der Waals surface area contributed by atoms with Crippen LogP contribution in [0.2, 0.25) is 0 Å². The average molecular weight is 495 g/mol. The molecule has 1 aromatic rings. The maximum Gasteiger partial charge on any atom is 0.419 e. The number of carbonyl (C=O) groups is 3. The molecule has 1 rings (SSSR count). The number of unbranched alkanes of at least 4 members (excludes halogenated alkanes) is 8. The third-order valence-electron chi connectivity index (χ3n) is 5.82. The van der Waals surface area contributed by atoms with Gasteiger partial charge in [-0.15, -0.1) is 0 Å². The van der Waals surface area contributed by atoms with Gasteiger partial charge in [0.05, 0.1) is 13.2 Å². The van der Waals surface area contributed by atoms with Gasteiger partial charge in [0.2, 0.25) is 0 Å². The molecule has 0 saturated heterocycles. The van der Waals surface area contributed by atoms with Gasteiger partial charge in [-0.05, 0) is 38.5 Å². The number of esters is 2. The standard InChI is InChI=1S/C27H46N2O6/c1-3-5-7-9-11-21-33-25(30)17-13-15-24(35-27(32)29-20-19-28-23-29)16-14-18-26(31)34-22-12-10-8-6-4-2/h19-20,23-24H,3-18,21-22H2,1-2H3. The van der Waals surface area contributed by atoms with Crippen LogP contribution in [0.25, 0.3) is 0 Å². The molecule has 0 amide bonds. The van der Waals surface area contributed by atoms with Crippen molar-refractivity contribution < 1.29 is 28.6 Å². The van der Waals surface area contributed by atoms with E-state index >= 15 is 0 Å². The van der Waals surface area contributed by atoms with Crippen molar-refractivity contribution in [3.8, 4) is 0 Å². The van der Waals surface area contributed by atoms with Crippen LogP contribution < -0.4 is 0 Å². The normalized spacial score (nSPS) is 10.9. The van der Waals surface area contributed by atoms with Gasteiger partial charge in [0.25, 0.3) is 0 Å². The monoisotopic (exact) mass is 494 g/mol. The Morgan fingerprint density at radius 1 is 0.743 bits per heavy atom. The topological polar surface area (TPSA) is 96.7 Å². The minimum atomic E-state index is -0.517. The van der Waals surface area contributed by atoms with Crippen LogP contribution in [0.15, 0.2) is 18.7 Å². The summed E-state index contributed by atoms with van der Waals surface area (Å²) in [5.41, 5.74) is 0. The van der Waals surface area contributed by atoms with Gasteiger partial charge in [-0.25, -0.2) is 14.3 Å². The highest BCUT2D eigenvalue weighted by molar-refractivity contribution is 5.70. The Balaban J connectivity index is 2.31. The van der Waals surface area contributed by atoms with Gasteiger partial charge >= 0.3 is 18.0 Å². The minimum Gasteiger partial charge on any atom is -0.466 e. The number of carbonyl (C=O) groups excluding carboxylic acids is 3. The van der Waals surface area contributed by atoms with E-state index in [1.165, 1.54) is 61.8 Å². The highest BCUT2D eigenvalue weighted by Crippen LogP contribution is 2.15. The van der Waals surface area contributed by atoms with Gasteiger partial charge in [0.1, 0.15) is 12.4 Å². The van der Waals surface area contributed by atoms with E-state index in [2.05, 4.69) is 18.8 Å². The number of rotatable bonds is 21. The molecule has 1 aromatic heterocycles. The molecule has 0 saturated carbocycles. The molecule has 0 aliphatic heterocycles. The zero-order chi connectivity index (χ0) is 25.6. The molecule has 8 nitrogen and oxygen atoms in total. The van der Waals surface area contributed by atoms with E-state index in [-0.39, 0.29) is 24.8 Å².